The van der Waals surface area contributed by atoms with Crippen LogP contribution >= 0.6 is 0 Å². The third-order valence-corrected chi connectivity index (χ3v) is 15.6. The van der Waals surface area contributed by atoms with E-state index in [4.69, 9.17) is 37.9 Å². The van der Waals surface area contributed by atoms with Crippen LogP contribution in [0.15, 0.2) is 46.2 Å². The van der Waals surface area contributed by atoms with Crippen LogP contribution in [-0.2, 0) is 52.7 Å². The van der Waals surface area contributed by atoms with Gasteiger partial charge in [-0.1, -0.05) is 18.6 Å². The van der Waals surface area contributed by atoms with Crippen molar-refractivity contribution in [1.29, 1.82) is 0 Å². The highest BCUT2D eigenvalue weighted by molar-refractivity contribution is 7.89. The smallest absolute Gasteiger partial charge is 0.410 e. The fraction of sp³-hybridized carbons (Fsp3) is 0.763. The fourth-order valence-electron chi connectivity index (χ4n) is 10.2. The van der Waals surface area contributed by atoms with Crippen LogP contribution in [0.4, 0.5) is 29.7 Å². The normalized spacial score (nSPS) is 25.6. The Kier molecular flexibility index (Phi) is 26.0. The maximum atomic E-state index is 14.8. The summed E-state index contributed by atoms with van der Waals surface area (Å²) >= 11 is 0. The minimum Gasteiger partial charge on any atom is -0.491 e. The van der Waals surface area contributed by atoms with E-state index < -0.39 is 171 Å². The van der Waals surface area contributed by atoms with Crippen LogP contribution in [-0.4, -0.2) is 209 Å². The molecule has 2 fully saturated rings. The zero-order chi connectivity index (χ0) is 67.4. The van der Waals surface area contributed by atoms with Gasteiger partial charge >= 0.3 is 30.5 Å². The number of unbranched alkanes of at least 4 members (excludes halogenated alkanes) is 2. The van der Waals surface area contributed by atoms with Crippen molar-refractivity contribution in [3.05, 3.63) is 41.0 Å². The number of carbonyl (C=O) groups is 6. The Hall–Kier alpha value is -6.15. The average molecular weight is 1290 g/mol. The number of nitrogens with one attached hydrogen (secondary N) is 5. The first-order valence-corrected chi connectivity index (χ1v) is 31.3. The molecule has 0 radical (unpaired) electrons. The number of nitrogens with zero attached hydrogens (tertiary/aromatic N) is 3. The lowest BCUT2D eigenvalue weighted by atomic mass is 9.72. The monoisotopic (exact) mass is 1290 g/mol. The maximum Gasteiger partial charge on any atom is 0.410 e. The molecule has 1 aliphatic carbocycles. The van der Waals surface area contributed by atoms with Crippen LogP contribution in [0.5, 0.6) is 0 Å². The Morgan fingerprint density at radius 3 is 1.80 bits per heavy atom. The minimum absolute atomic E-state index is 0.0375. The van der Waals surface area contributed by atoms with E-state index in [1.54, 1.807) is 104 Å². The van der Waals surface area contributed by atoms with Gasteiger partial charge in [0.1, 0.15) is 74.4 Å². The zero-order valence-electron chi connectivity index (χ0n) is 54.5. The maximum absolute atomic E-state index is 14.8. The third kappa shape index (κ3) is 23.9. The van der Waals surface area contributed by atoms with Gasteiger partial charge < -0.3 is 89.8 Å². The van der Waals surface area contributed by atoms with E-state index >= 15 is 0 Å². The number of aliphatic hydroxyl groups excluding tert-OH is 3. The lowest BCUT2D eigenvalue weighted by molar-refractivity contribution is -0.305. The van der Waals surface area contributed by atoms with Gasteiger partial charge in [0.15, 0.2) is 6.29 Å². The third-order valence-electron chi connectivity index (χ3n) is 13.7. The Morgan fingerprint density at radius 2 is 1.25 bits per heavy atom. The molecule has 3 aliphatic rings. The summed E-state index contributed by atoms with van der Waals surface area (Å²) in [4.78, 5) is 93.1. The van der Waals surface area contributed by atoms with Gasteiger partial charge in [-0.15, -0.1) is 4.91 Å². The molecule has 1 saturated carbocycles. The molecular formula is C59H98N8O21S. The van der Waals surface area contributed by atoms with Gasteiger partial charge in [0.2, 0.25) is 15.9 Å². The van der Waals surface area contributed by atoms with Crippen molar-refractivity contribution in [3.63, 3.8) is 0 Å². The first kappa shape index (κ1) is 75.3. The molecule has 1 unspecified atom stereocenters. The molecule has 0 bridgehead atoms. The number of rotatable bonds is 22. The van der Waals surface area contributed by atoms with Crippen molar-refractivity contribution in [1.82, 2.24) is 35.8 Å². The summed E-state index contributed by atoms with van der Waals surface area (Å²) in [5, 5.41) is 64.8. The molecule has 2 aliphatic heterocycles. The van der Waals surface area contributed by atoms with E-state index in [1.165, 1.54) is 44.3 Å². The van der Waals surface area contributed by atoms with Gasteiger partial charge in [-0.25, -0.2) is 32.4 Å². The number of hydrogen-bond acceptors (Lipinski definition) is 22. The lowest BCUT2D eigenvalue weighted by Crippen LogP contribution is -2.71. The summed E-state index contributed by atoms with van der Waals surface area (Å²) in [6.45, 7) is 24.6. The van der Waals surface area contributed by atoms with E-state index in [9.17, 15) is 62.5 Å². The summed E-state index contributed by atoms with van der Waals surface area (Å²) in [6, 6.07) is -0.226. The molecule has 1 aromatic rings. The molecule has 89 heavy (non-hydrogen) atoms. The van der Waals surface area contributed by atoms with Gasteiger partial charge in [0.05, 0.1) is 37.4 Å². The van der Waals surface area contributed by atoms with Gasteiger partial charge in [-0.2, -0.15) is 4.31 Å². The molecule has 30 heteroatoms. The van der Waals surface area contributed by atoms with Crippen LogP contribution in [0.2, 0.25) is 0 Å². The molecule has 0 spiro atoms. The Balaban J connectivity index is 1.89. The molecule has 9 N–H and O–H groups in total. The van der Waals surface area contributed by atoms with E-state index in [0.717, 1.165) is 9.21 Å². The number of sulfonamides is 1. The van der Waals surface area contributed by atoms with Crippen molar-refractivity contribution in [3.8, 4) is 0 Å². The number of carbonyl (C=O) groups excluding carboxylic acids is 6. The quantitative estimate of drug-likeness (QED) is 0.0395. The summed E-state index contributed by atoms with van der Waals surface area (Å²) in [5.41, 5.74) is -7.12. The molecular weight excluding hydrogens is 1190 g/mol. The molecule has 6 amide bonds. The molecule has 1 saturated heterocycles. The number of benzene rings is 1. The highest BCUT2D eigenvalue weighted by atomic mass is 32.2. The van der Waals surface area contributed by atoms with E-state index in [2.05, 4.69) is 31.8 Å². The SMILES string of the molecule is CN(C(=O)OC(C)(C)C)[C@@H]1[C@@H](O)[C@@H](O[C@@H]2[C@@H](O)[C@H](C3OC(CN(CCCCCNC(=O)OC(C)(C)C)S(=O)(=O)c4ccccc4N=O)=CC[C@H]3NC(=O)OC(C)(C)C)[C@@H](NC(=O)OC(C)(C)C)C[C@H]2NC(=O)[C@@H](O)CCNC(=O)OC(C)(C)C)OC[C@]1(C)O. The highest BCUT2D eigenvalue weighted by Crippen LogP contribution is 2.40. The van der Waals surface area contributed by atoms with Crippen LogP contribution < -0.4 is 26.6 Å². The van der Waals surface area contributed by atoms with Crippen molar-refractivity contribution in [2.75, 3.05) is 39.8 Å². The Morgan fingerprint density at radius 1 is 0.719 bits per heavy atom. The molecule has 0 aromatic heterocycles. The summed E-state index contributed by atoms with van der Waals surface area (Å²) in [7, 11) is -3.33. The predicted molar refractivity (Wildman–Crippen MR) is 323 cm³/mol. The Labute approximate surface area is 522 Å². The molecule has 1 aromatic carbocycles. The van der Waals surface area contributed by atoms with Crippen molar-refractivity contribution < 1.29 is 95.5 Å². The molecule has 506 valence electrons. The average Bonchev–Trinajstić information content (AvgIpc) is 2.09. The topological polar surface area (TPSA) is 387 Å². The minimum atomic E-state index is -4.61. The number of likely N-dealkylation sites (N-methyl/N-ethyl adjacent to an activating group) is 1. The van der Waals surface area contributed by atoms with Crippen LogP contribution in [0.3, 0.4) is 0 Å². The Bertz CT molecular complexity index is 2730. The number of hydrogen-bond donors (Lipinski definition) is 9. The van der Waals surface area contributed by atoms with Crippen molar-refractivity contribution in [2.45, 2.75) is 249 Å². The first-order chi connectivity index (χ1) is 40.8. The second-order valence-electron chi connectivity index (χ2n) is 27.7. The lowest BCUT2D eigenvalue weighted by Gasteiger charge is -2.52. The van der Waals surface area contributed by atoms with Crippen LogP contribution in [0.1, 0.15) is 149 Å². The largest absolute Gasteiger partial charge is 0.491 e. The van der Waals surface area contributed by atoms with Gasteiger partial charge in [-0.3, -0.25) is 4.79 Å². The summed E-state index contributed by atoms with van der Waals surface area (Å²) in [6.07, 6.45) is -13.7. The molecule has 2 heterocycles. The number of alkyl carbamates (subject to hydrolysis) is 4. The van der Waals surface area contributed by atoms with Gasteiger partial charge in [-0.05, 0) is 166 Å². The van der Waals surface area contributed by atoms with Crippen LogP contribution in [0.25, 0.3) is 0 Å². The van der Waals surface area contributed by atoms with Crippen molar-refractivity contribution >= 4 is 52.1 Å². The fourth-order valence-corrected chi connectivity index (χ4v) is 11.7. The van der Waals surface area contributed by atoms with Crippen LogP contribution in [0, 0.1) is 10.8 Å². The predicted octanol–water partition coefficient (Wildman–Crippen LogP) is 5.46. The van der Waals surface area contributed by atoms with E-state index in [-0.39, 0.29) is 50.3 Å². The summed E-state index contributed by atoms with van der Waals surface area (Å²) in [5.74, 6) is -2.59. The zero-order valence-corrected chi connectivity index (χ0v) is 55.3. The number of ether oxygens (including phenoxy) is 8. The molecule has 29 nitrogen and oxygen atoms in total. The summed E-state index contributed by atoms with van der Waals surface area (Å²) < 4.78 is 77.5. The second kappa shape index (κ2) is 30.8. The number of nitroso groups, excluding NO2 is 1. The van der Waals surface area contributed by atoms with Crippen molar-refractivity contribution in [2.24, 2.45) is 11.1 Å². The molecule has 12 atom stereocenters. The standard InChI is InChI=1S/C59H98N8O21S/c1-54(2,3)84-49(72)60-28-21-18-22-30-67(89(79,80)40-24-20-19-23-35(40)65-78)32-34-25-26-36(63-51(74)86-56(7,8)9)44(82-34)41-37(64-52(75)87-57(10,11)12)31-38(62-47(71)39(68)27-29-61-50(73)85-55(4,5)6)45(42(41)69)83-48-43(70)46(59(16,77)33-81-48)66(17)53(76)88-58(13,14)15/h19-20,23-25,36-39,41-46,48,68-70,77H,18,21-22,26-33H2,1-17H3,(H,60,72)(H,61,73)(H,62,71)(H,63,74)(H,64,75)/t36-,37+,38-,39+,41-,42+,43-,44?,45+,46-,48-,59+/m1/s1. The molecule has 4 rings (SSSR count). The van der Waals surface area contributed by atoms with E-state index in [0.29, 0.717) is 12.8 Å². The van der Waals surface area contributed by atoms with E-state index in [1.807, 2.05) is 0 Å². The van der Waals surface area contributed by atoms with Gasteiger partial charge in [0.25, 0.3) is 0 Å². The highest BCUT2D eigenvalue weighted by Gasteiger charge is 2.57. The first-order valence-electron chi connectivity index (χ1n) is 29.8. The van der Waals surface area contributed by atoms with Gasteiger partial charge in [0, 0.05) is 38.6 Å². The second-order valence-corrected chi connectivity index (χ2v) is 29.6. The number of aliphatic hydroxyl groups is 4. The number of amides is 6.